The van der Waals surface area contributed by atoms with Gasteiger partial charge in [-0.2, -0.15) is 0 Å². The number of benzene rings is 1. The Morgan fingerprint density at radius 3 is 2.71 bits per heavy atom. The molecule has 0 saturated heterocycles. The number of rotatable bonds is 3. The number of hydrogen-bond acceptors (Lipinski definition) is 4. The maximum Gasteiger partial charge on any atom is 0.174 e. The Kier molecular flexibility index (Phi) is 2.67. The Morgan fingerprint density at radius 1 is 1.00 bits per heavy atom. The second kappa shape index (κ2) is 4.79. The molecule has 21 heavy (non-hydrogen) atoms. The molecule has 5 nitrogen and oxygen atoms in total. The van der Waals surface area contributed by atoms with Gasteiger partial charge in [0.25, 0.3) is 0 Å². The average Bonchev–Trinajstić information content (AvgIpc) is 3.18. The van der Waals surface area contributed by atoms with Crippen molar-refractivity contribution >= 4 is 22.5 Å². The first kappa shape index (κ1) is 11.7. The molecule has 0 fully saturated rings. The number of furan rings is 1. The lowest BCUT2D eigenvalue weighted by Crippen LogP contribution is -1.93. The van der Waals surface area contributed by atoms with E-state index in [-0.39, 0.29) is 0 Å². The Bertz CT molecular complexity index is 866. The zero-order valence-corrected chi connectivity index (χ0v) is 11.1. The number of para-hydroxylation sites is 1. The first-order valence-corrected chi connectivity index (χ1v) is 6.61. The molecular weight excluding hydrogens is 264 g/mol. The summed E-state index contributed by atoms with van der Waals surface area (Å²) in [5, 5.41) is 3.28. The molecule has 1 aromatic carbocycles. The Labute approximate surface area is 120 Å². The number of hydrogen-bond donors (Lipinski definition) is 2. The van der Waals surface area contributed by atoms with Crippen LogP contribution in [0.2, 0.25) is 0 Å². The molecule has 2 N–H and O–H groups in total. The minimum atomic E-state index is 0.694. The van der Waals surface area contributed by atoms with Crippen LogP contribution in [0, 0.1) is 0 Å². The zero-order chi connectivity index (χ0) is 14.1. The number of anilines is 2. The summed E-state index contributed by atoms with van der Waals surface area (Å²) < 4.78 is 5.37. The number of aromatic amines is 1. The molecule has 0 amide bonds. The lowest BCUT2D eigenvalue weighted by molar-refractivity contribution is 0.578. The van der Waals surface area contributed by atoms with Crippen LogP contribution in [-0.2, 0) is 0 Å². The van der Waals surface area contributed by atoms with Gasteiger partial charge in [0.2, 0.25) is 0 Å². The van der Waals surface area contributed by atoms with Crippen molar-refractivity contribution in [3.8, 4) is 11.6 Å². The molecule has 0 atom stereocenters. The van der Waals surface area contributed by atoms with Gasteiger partial charge in [-0.1, -0.05) is 18.2 Å². The Hall–Kier alpha value is -3.08. The average molecular weight is 276 g/mol. The summed E-state index contributed by atoms with van der Waals surface area (Å²) in [4.78, 5) is 12.2. The lowest BCUT2D eigenvalue weighted by Gasteiger charge is -2.04. The van der Waals surface area contributed by atoms with Crippen molar-refractivity contribution < 1.29 is 4.42 Å². The third kappa shape index (κ3) is 2.14. The van der Waals surface area contributed by atoms with Gasteiger partial charge in [-0.25, -0.2) is 9.97 Å². The fourth-order valence-electron chi connectivity index (χ4n) is 2.22. The van der Waals surface area contributed by atoms with Crippen LogP contribution in [0.15, 0.2) is 65.4 Å². The van der Waals surface area contributed by atoms with Crippen LogP contribution < -0.4 is 5.32 Å². The highest BCUT2D eigenvalue weighted by Gasteiger charge is 2.11. The van der Waals surface area contributed by atoms with Crippen LogP contribution in [0.5, 0.6) is 0 Å². The molecule has 102 valence electrons. The van der Waals surface area contributed by atoms with E-state index in [1.54, 1.807) is 12.5 Å². The second-order valence-electron chi connectivity index (χ2n) is 4.61. The van der Waals surface area contributed by atoms with Gasteiger partial charge in [0, 0.05) is 11.9 Å². The van der Waals surface area contributed by atoms with Crippen molar-refractivity contribution in [1.82, 2.24) is 15.0 Å². The molecule has 0 aliphatic heterocycles. The first-order chi connectivity index (χ1) is 10.4. The van der Waals surface area contributed by atoms with Gasteiger partial charge in [0.15, 0.2) is 17.4 Å². The predicted octanol–water partition coefficient (Wildman–Crippen LogP) is 3.96. The number of aromatic nitrogens is 3. The van der Waals surface area contributed by atoms with Crippen LogP contribution in [0.1, 0.15) is 0 Å². The van der Waals surface area contributed by atoms with Gasteiger partial charge in [0.05, 0.1) is 11.8 Å². The zero-order valence-electron chi connectivity index (χ0n) is 11.1. The van der Waals surface area contributed by atoms with E-state index in [0.29, 0.717) is 17.4 Å². The van der Waals surface area contributed by atoms with Crippen LogP contribution in [0.3, 0.4) is 0 Å². The quantitative estimate of drug-likeness (QED) is 0.594. The fourth-order valence-corrected chi connectivity index (χ4v) is 2.22. The molecule has 3 aromatic heterocycles. The summed E-state index contributed by atoms with van der Waals surface area (Å²) >= 11 is 0. The van der Waals surface area contributed by atoms with E-state index in [2.05, 4.69) is 20.3 Å². The molecule has 0 aliphatic rings. The van der Waals surface area contributed by atoms with E-state index in [9.17, 15) is 0 Å². The second-order valence-corrected chi connectivity index (χ2v) is 4.61. The summed E-state index contributed by atoms with van der Waals surface area (Å²) in [6.45, 7) is 0. The van der Waals surface area contributed by atoms with Gasteiger partial charge in [0.1, 0.15) is 5.52 Å². The van der Waals surface area contributed by atoms with Gasteiger partial charge >= 0.3 is 0 Å². The highest BCUT2D eigenvalue weighted by Crippen LogP contribution is 2.26. The van der Waals surface area contributed by atoms with E-state index in [1.165, 1.54) is 0 Å². The summed E-state index contributed by atoms with van der Waals surface area (Å²) in [7, 11) is 0. The lowest BCUT2D eigenvalue weighted by atomic mass is 10.3. The van der Waals surface area contributed by atoms with E-state index in [0.717, 1.165) is 16.7 Å². The molecule has 0 radical (unpaired) electrons. The molecule has 3 heterocycles. The van der Waals surface area contributed by atoms with Crippen molar-refractivity contribution in [2.24, 2.45) is 0 Å². The van der Waals surface area contributed by atoms with E-state index < -0.39 is 0 Å². The smallest absolute Gasteiger partial charge is 0.174 e. The van der Waals surface area contributed by atoms with Crippen LogP contribution >= 0.6 is 0 Å². The molecule has 0 saturated carbocycles. The SMILES string of the molecule is c1ccc(Nc2nccc3[nH]c(-c4ccco4)nc23)cc1. The third-order valence-electron chi connectivity index (χ3n) is 3.19. The number of fused-ring (bicyclic) bond motifs is 1. The number of nitrogens with one attached hydrogen (secondary N) is 2. The Balaban J connectivity index is 1.79. The van der Waals surface area contributed by atoms with Crippen LogP contribution in [0.4, 0.5) is 11.5 Å². The fraction of sp³-hybridized carbons (Fsp3) is 0. The van der Waals surface area contributed by atoms with E-state index in [1.807, 2.05) is 48.5 Å². The normalized spacial score (nSPS) is 10.9. The van der Waals surface area contributed by atoms with Crippen molar-refractivity contribution in [2.75, 3.05) is 5.32 Å². The maximum absolute atomic E-state index is 5.37. The number of pyridine rings is 1. The van der Waals surface area contributed by atoms with Crippen molar-refractivity contribution in [1.29, 1.82) is 0 Å². The van der Waals surface area contributed by atoms with Gasteiger partial charge < -0.3 is 14.7 Å². The standard InChI is InChI=1S/C16H12N4O/c1-2-5-11(6-3-1)18-16-14-12(8-9-17-16)19-15(20-14)13-7-4-10-21-13/h1-10H,(H,17,18)(H,19,20). The first-order valence-electron chi connectivity index (χ1n) is 6.61. The molecule has 0 bridgehead atoms. The highest BCUT2D eigenvalue weighted by molar-refractivity contribution is 5.89. The van der Waals surface area contributed by atoms with Crippen LogP contribution in [-0.4, -0.2) is 15.0 Å². The molecule has 0 aliphatic carbocycles. The van der Waals surface area contributed by atoms with Crippen molar-refractivity contribution in [3.05, 3.63) is 61.0 Å². The van der Waals surface area contributed by atoms with E-state index in [4.69, 9.17) is 4.42 Å². The number of H-pyrrole nitrogens is 1. The maximum atomic E-state index is 5.37. The molecular formula is C16H12N4O. The molecule has 5 heteroatoms. The topological polar surface area (TPSA) is 66.7 Å². The molecule has 0 spiro atoms. The van der Waals surface area contributed by atoms with Crippen molar-refractivity contribution in [3.63, 3.8) is 0 Å². The van der Waals surface area contributed by atoms with Gasteiger partial charge in [-0.15, -0.1) is 0 Å². The molecule has 4 aromatic rings. The Morgan fingerprint density at radius 2 is 1.90 bits per heavy atom. The summed E-state index contributed by atoms with van der Waals surface area (Å²) in [6, 6.07) is 15.5. The summed E-state index contributed by atoms with van der Waals surface area (Å²) in [5.74, 6) is 2.11. The minimum Gasteiger partial charge on any atom is -0.461 e. The van der Waals surface area contributed by atoms with Gasteiger partial charge in [-0.3, -0.25) is 0 Å². The summed E-state index contributed by atoms with van der Waals surface area (Å²) in [5.41, 5.74) is 2.67. The third-order valence-corrected chi connectivity index (χ3v) is 3.19. The van der Waals surface area contributed by atoms with Crippen molar-refractivity contribution in [2.45, 2.75) is 0 Å². The van der Waals surface area contributed by atoms with E-state index >= 15 is 0 Å². The largest absolute Gasteiger partial charge is 0.461 e. The predicted molar refractivity (Wildman–Crippen MR) is 81.3 cm³/mol. The highest BCUT2D eigenvalue weighted by atomic mass is 16.3. The minimum absolute atomic E-state index is 0.694. The number of nitrogens with zero attached hydrogens (tertiary/aromatic N) is 2. The van der Waals surface area contributed by atoms with Gasteiger partial charge in [-0.05, 0) is 30.3 Å². The molecule has 0 unspecified atom stereocenters. The van der Waals surface area contributed by atoms with Crippen LogP contribution in [0.25, 0.3) is 22.6 Å². The monoisotopic (exact) mass is 276 g/mol. The number of imidazole rings is 1. The molecule has 4 rings (SSSR count). The summed E-state index contributed by atoms with van der Waals surface area (Å²) in [6.07, 6.45) is 3.38.